The summed E-state index contributed by atoms with van der Waals surface area (Å²) in [4.78, 5) is 0. The van der Waals surface area contributed by atoms with Gasteiger partial charge in [-0.2, -0.15) is 0 Å². The van der Waals surface area contributed by atoms with E-state index >= 15 is 0 Å². The minimum Gasteiger partial charge on any atom is -0.133 e. The van der Waals surface area contributed by atoms with Crippen molar-refractivity contribution >= 4 is 9.24 Å². The second-order valence-corrected chi connectivity index (χ2v) is 6.54. The molecule has 0 amide bonds. The summed E-state index contributed by atoms with van der Waals surface area (Å²) in [6.45, 7) is 16.3. The monoisotopic (exact) mass is 215 g/mol. The minimum absolute atomic E-state index is 0.340. The van der Waals surface area contributed by atoms with Crippen molar-refractivity contribution in [2.75, 3.05) is 0 Å². The maximum atomic E-state index is 3.06. The van der Waals surface area contributed by atoms with E-state index in [0.717, 1.165) is 0 Å². The molecule has 1 radical (unpaired) electrons. The van der Waals surface area contributed by atoms with E-state index in [1.54, 1.807) is 5.92 Å². The van der Waals surface area contributed by atoms with Crippen molar-refractivity contribution < 1.29 is 0 Å². The third-order valence-corrected chi connectivity index (χ3v) is 5.31. The van der Waals surface area contributed by atoms with Gasteiger partial charge in [0, 0.05) is 0 Å². The summed E-state index contributed by atoms with van der Waals surface area (Å²) < 4.78 is 0. The number of rotatable bonds is 4. The van der Waals surface area contributed by atoms with Crippen LogP contribution in [0.3, 0.4) is 0 Å². The lowest BCUT2D eigenvalue weighted by molar-refractivity contribution is 0.227. The Labute approximate surface area is 93.4 Å². The predicted molar refractivity (Wildman–Crippen MR) is 70.6 cm³/mol. The maximum Gasteiger partial charge on any atom is -0.0159 e. The SMILES string of the molecule is CC[C](CC)C(C)(C)C(P)C(C)(C)C. The van der Waals surface area contributed by atoms with Crippen LogP contribution in [0.2, 0.25) is 0 Å². The van der Waals surface area contributed by atoms with E-state index in [9.17, 15) is 0 Å². The van der Waals surface area contributed by atoms with Gasteiger partial charge in [-0.3, -0.25) is 0 Å². The molecular formula is C13H28P. The number of hydrogen-bond donors (Lipinski definition) is 0. The largest absolute Gasteiger partial charge is 0.133 e. The van der Waals surface area contributed by atoms with Crippen LogP contribution in [-0.4, -0.2) is 5.66 Å². The summed E-state index contributed by atoms with van der Waals surface area (Å²) in [5.41, 5.74) is 1.35. The van der Waals surface area contributed by atoms with Gasteiger partial charge in [0.05, 0.1) is 0 Å². The van der Waals surface area contributed by atoms with Gasteiger partial charge in [0.1, 0.15) is 0 Å². The van der Waals surface area contributed by atoms with Crippen LogP contribution in [0.5, 0.6) is 0 Å². The van der Waals surface area contributed by atoms with Crippen LogP contribution < -0.4 is 0 Å². The molecule has 0 aliphatic heterocycles. The highest BCUT2D eigenvalue weighted by Crippen LogP contribution is 2.47. The van der Waals surface area contributed by atoms with Gasteiger partial charge in [-0.25, -0.2) is 0 Å². The van der Waals surface area contributed by atoms with Crippen LogP contribution in [0, 0.1) is 16.7 Å². The smallest absolute Gasteiger partial charge is 0.0159 e. The van der Waals surface area contributed by atoms with Gasteiger partial charge < -0.3 is 0 Å². The molecular weight excluding hydrogens is 187 g/mol. The Kier molecular flexibility index (Phi) is 5.12. The van der Waals surface area contributed by atoms with E-state index in [-0.39, 0.29) is 0 Å². The molecule has 0 nitrogen and oxygen atoms in total. The molecule has 0 aromatic heterocycles. The van der Waals surface area contributed by atoms with E-state index in [4.69, 9.17) is 0 Å². The molecule has 0 N–H and O–H groups in total. The molecule has 0 aliphatic carbocycles. The quantitative estimate of drug-likeness (QED) is 0.596. The summed E-state index contributed by atoms with van der Waals surface area (Å²) in [7, 11) is 3.06. The lowest BCUT2D eigenvalue weighted by Gasteiger charge is -2.45. The van der Waals surface area contributed by atoms with Gasteiger partial charge in [-0.05, 0) is 35.2 Å². The molecule has 2 unspecified atom stereocenters. The van der Waals surface area contributed by atoms with E-state index in [1.165, 1.54) is 12.8 Å². The van der Waals surface area contributed by atoms with Crippen LogP contribution in [0.4, 0.5) is 0 Å². The summed E-state index contributed by atoms with van der Waals surface area (Å²) >= 11 is 0. The standard InChI is InChI=1S/C13H28P/c1-8-10(9-2)13(6,7)11(14)12(3,4)5/h11H,8-9,14H2,1-7H3. The second kappa shape index (κ2) is 4.97. The molecule has 0 fully saturated rings. The minimum atomic E-state index is 0.340. The highest BCUT2D eigenvalue weighted by Gasteiger charge is 2.39. The zero-order valence-corrected chi connectivity index (χ0v) is 12.2. The Hall–Kier alpha value is 0.430. The Morgan fingerprint density at radius 2 is 1.36 bits per heavy atom. The van der Waals surface area contributed by atoms with Crippen molar-refractivity contribution in [1.82, 2.24) is 0 Å². The van der Waals surface area contributed by atoms with E-state index in [0.29, 0.717) is 16.5 Å². The van der Waals surface area contributed by atoms with Crippen molar-refractivity contribution in [2.24, 2.45) is 10.8 Å². The molecule has 0 aromatic rings. The molecule has 0 aromatic carbocycles. The molecule has 0 saturated carbocycles. The first-order valence-corrected chi connectivity index (χ1v) is 6.45. The van der Waals surface area contributed by atoms with Gasteiger partial charge in [0.15, 0.2) is 0 Å². The first-order chi connectivity index (χ1) is 6.17. The molecule has 0 bridgehead atoms. The normalized spacial score (nSPS) is 16.1. The van der Waals surface area contributed by atoms with Crippen molar-refractivity contribution in [1.29, 1.82) is 0 Å². The molecule has 14 heavy (non-hydrogen) atoms. The summed E-state index contributed by atoms with van der Waals surface area (Å²) in [6.07, 6.45) is 2.43. The lowest BCUT2D eigenvalue weighted by Crippen LogP contribution is -2.39. The average Bonchev–Trinajstić information content (AvgIpc) is 2.03. The van der Waals surface area contributed by atoms with Gasteiger partial charge in [-0.15, -0.1) is 9.24 Å². The van der Waals surface area contributed by atoms with E-state index < -0.39 is 0 Å². The zero-order chi connectivity index (χ0) is 11.6. The first kappa shape index (κ1) is 14.4. The summed E-state index contributed by atoms with van der Waals surface area (Å²) in [5, 5.41) is 0. The molecule has 85 valence electrons. The van der Waals surface area contributed by atoms with Crippen LogP contribution in [0.15, 0.2) is 0 Å². The maximum absolute atomic E-state index is 3.06. The topological polar surface area (TPSA) is 0 Å². The van der Waals surface area contributed by atoms with Crippen LogP contribution in [0.25, 0.3) is 0 Å². The fourth-order valence-corrected chi connectivity index (χ4v) is 2.70. The molecule has 0 rings (SSSR count). The van der Waals surface area contributed by atoms with E-state index in [2.05, 4.69) is 57.7 Å². The van der Waals surface area contributed by atoms with Crippen molar-refractivity contribution in [3.63, 3.8) is 0 Å². The van der Waals surface area contributed by atoms with Gasteiger partial charge >= 0.3 is 0 Å². The molecule has 0 heterocycles. The molecule has 2 atom stereocenters. The van der Waals surface area contributed by atoms with Crippen molar-refractivity contribution in [3.8, 4) is 0 Å². The van der Waals surface area contributed by atoms with Crippen molar-refractivity contribution in [3.05, 3.63) is 5.92 Å². The van der Waals surface area contributed by atoms with Crippen LogP contribution in [-0.2, 0) is 0 Å². The Balaban J connectivity index is 4.75. The van der Waals surface area contributed by atoms with Crippen LogP contribution >= 0.6 is 9.24 Å². The molecule has 0 aliphatic rings. The molecule has 0 saturated heterocycles. The highest BCUT2D eigenvalue weighted by molar-refractivity contribution is 7.17. The Morgan fingerprint density at radius 3 is 1.57 bits per heavy atom. The highest BCUT2D eigenvalue weighted by atomic mass is 31.0. The number of hydrogen-bond acceptors (Lipinski definition) is 0. The molecule has 0 spiro atoms. The fraction of sp³-hybridized carbons (Fsp3) is 0.923. The molecule has 1 heteroatoms. The summed E-state index contributed by atoms with van der Waals surface area (Å²) in [5.74, 6) is 1.69. The average molecular weight is 215 g/mol. The predicted octanol–water partition coefficient (Wildman–Crippen LogP) is 4.70. The second-order valence-electron chi connectivity index (χ2n) is 5.88. The Morgan fingerprint density at radius 1 is 1.00 bits per heavy atom. The Bertz CT molecular complexity index is 161. The summed E-state index contributed by atoms with van der Waals surface area (Å²) in [6, 6.07) is 0. The first-order valence-electron chi connectivity index (χ1n) is 5.78. The van der Waals surface area contributed by atoms with Gasteiger partial charge in [0.2, 0.25) is 0 Å². The van der Waals surface area contributed by atoms with Gasteiger partial charge in [-0.1, -0.05) is 48.5 Å². The lowest BCUT2D eigenvalue weighted by atomic mass is 9.66. The third kappa shape index (κ3) is 3.23. The fourth-order valence-electron chi connectivity index (χ4n) is 2.46. The van der Waals surface area contributed by atoms with E-state index in [1.807, 2.05) is 0 Å². The van der Waals surface area contributed by atoms with Gasteiger partial charge in [0.25, 0.3) is 0 Å². The third-order valence-electron chi connectivity index (χ3n) is 3.48. The van der Waals surface area contributed by atoms with Crippen LogP contribution in [0.1, 0.15) is 61.3 Å². The zero-order valence-electron chi connectivity index (χ0n) is 11.1. The van der Waals surface area contributed by atoms with Crippen molar-refractivity contribution in [2.45, 2.75) is 67.0 Å².